The Morgan fingerprint density at radius 3 is 2.76 bits per heavy atom. The number of Topliss-reactive ketones (excluding diaryl/α,β-unsaturated/α-hetero) is 1. The van der Waals surface area contributed by atoms with Gasteiger partial charge in [-0.15, -0.1) is 0 Å². The number of nitrogens with zero attached hydrogens (tertiary/aromatic N) is 1. The summed E-state index contributed by atoms with van der Waals surface area (Å²) in [4.78, 5) is 26.8. The number of hydrogen-bond donors (Lipinski definition) is 0. The molecule has 1 aromatic heterocycles. The van der Waals surface area contributed by atoms with Gasteiger partial charge >= 0.3 is 5.97 Å². The average molecular weight is 235 g/mol. The van der Waals surface area contributed by atoms with Crippen molar-refractivity contribution < 1.29 is 14.3 Å². The predicted molar refractivity (Wildman–Crippen MR) is 63.5 cm³/mol. The molecule has 4 heteroatoms. The number of carbonyl (C=O) groups is 2. The molecule has 0 bridgehead atoms. The number of ketones is 1. The van der Waals surface area contributed by atoms with Crippen molar-refractivity contribution in [2.45, 2.75) is 32.6 Å². The molecule has 1 rings (SSSR count). The second kappa shape index (κ2) is 6.78. The SMILES string of the molecule is CCOC(=O)CCC(C(C)=O)c1cccnc1. The summed E-state index contributed by atoms with van der Waals surface area (Å²) in [5.74, 6) is -0.488. The minimum absolute atomic E-state index is 0.0438. The Hall–Kier alpha value is -1.71. The van der Waals surface area contributed by atoms with E-state index >= 15 is 0 Å². The molecule has 1 unspecified atom stereocenters. The Bertz CT molecular complexity index is 376. The molecule has 0 aliphatic rings. The van der Waals surface area contributed by atoms with Crippen molar-refractivity contribution in [3.05, 3.63) is 30.1 Å². The van der Waals surface area contributed by atoms with Gasteiger partial charge in [0.1, 0.15) is 5.78 Å². The zero-order valence-electron chi connectivity index (χ0n) is 10.2. The van der Waals surface area contributed by atoms with E-state index in [1.165, 1.54) is 6.92 Å². The van der Waals surface area contributed by atoms with Crippen molar-refractivity contribution in [2.24, 2.45) is 0 Å². The van der Waals surface area contributed by atoms with Gasteiger partial charge in [0.15, 0.2) is 0 Å². The van der Waals surface area contributed by atoms with E-state index in [0.717, 1.165) is 5.56 Å². The maximum atomic E-state index is 11.5. The van der Waals surface area contributed by atoms with Gasteiger partial charge in [-0.1, -0.05) is 6.07 Å². The van der Waals surface area contributed by atoms with Crippen molar-refractivity contribution >= 4 is 11.8 Å². The fourth-order valence-corrected chi connectivity index (χ4v) is 1.68. The van der Waals surface area contributed by atoms with Crippen LogP contribution < -0.4 is 0 Å². The standard InChI is InChI=1S/C13H17NO3/c1-3-17-13(16)7-6-12(10(2)15)11-5-4-8-14-9-11/h4-5,8-9,12H,3,6-7H2,1-2H3. The molecule has 1 aromatic rings. The van der Waals surface area contributed by atoms with Crippen molar-refractivity contribution in [1.82, 2.24) is 4.98 Å². The molecule has 0 aliphatic heterocycles. The van der Waals surface area contributed by atoms with Gasteiger partial charge in [0.05, 0.1) is 6.61 Å². The predicted octanol–water partition coefficient (Wildman–Crippen LogP) is 2.10. The summed E-state index contributed by atoms with van der Waals surface area (Å²) in [6.07, 6.45) is 4.05. The molecule has 1 atom stereocenters. The number of carbonyl (C=O) groups excluding carboxylic acids is 2. The summed E-state index contributed by atoms with van der Waals surface area (Å²) < 4.78 is 4.84. The van der Waals surface area contributed by atoms with Gasteiger partial charge in [-0.05, 0) is 31.9 Å². The highest BCUT2D eigenvalue weighted by atomic mass is 16.5. The number of pyridine rings is 1. The van der Waals surface area contributed by atoms with E-state index in [2.05, 4.69) is 4.98 Å². The number of ether oxygens (including phenoxy) is 1. The van der Waals surface area contributed by atoms with E-state index in [9.17, 15) is 9.59 Å². The smallest absolute Gasteiger partial charge is 0.305 e. The molecule has 1 heterocycles. The second-order valence-electron chi connectivity index (χ2n) is 3.79. The first-order valence-electron chi connectivity index (χ1n) is 5.71. The molecular formula is C13H17NO3. The minimum Gasteiger partial charge on any atom is -0.466 e. The Kier molecular flexibility index (Phi) is 5.33. The van der Waals surface area contributed by atoms with E-state index in [1.807, 2.05) is 6.07 Å². The van der Waals surface area contributed by atoms with E-state index in [-0.39, 0.29) is 24.1 Å². The first-order valence-corrected chi connectivity index (χ1v) is 5.71. The molecule has 4 nitrogen and oxygen atoms in total. The van der Waals surface area contributed by atoms with Crippen LogP contribution in [0.25, 0.3) is 0 Å². The maximum absolute atomic E-state index is 11.5. The number of hydrogen-bond acceptors (Lipinski definition) is 4. The molecule has 0 aliphatic carbocycles. The molecule has 0 aromatic carbocycles. The topological polar surface area (TPSA) is 56.3 Å². The molecule has 0 saturated carbocycles. The van der Waals surface area contributed by atoms with Crippen LogP contribution in [0.1, 0.15) is 38.2 Å². The number of rotatable bonds is 6. The Morgan fingerprint density at radius 2 is 2.24 bits per heavy atom. The molecule has 92 valence electrons. The summed E-state index contributed by atoms with van der Waals surface area (Å²) >= 11 is 0. The quantitative estimate of drug-likeness (QED) is 0.708. The highest BCUT2D eigenvalue weighted by Crippen LogP contribution is 2.21. The lowest BCUT2D eigenvalue weighted by molar-refractivity contribution is -0.143. The molecule has 0 N–H and O–H groups in total. The lowest BCUT2D eigenvalue weighted by atomic mass is 9.92. The van der Waals surface area contributed by atoms with Gasteiger partial charge in [-0.25, -0.2) is 0 Å². The van der Waals surface area contributed by atoms with Gasteiger partial charge in [0.2, 0.25) is 0 Å². The molecule has 0 saturated heterocycles. The van der Waals surface area contributed by atoms with E-state index < -0.39 is 0 Å². The third kappa shape index (κ3) is 4.34. The summed E-state index contributed by atoms with van der Waals surface area (Å²) in [6, 6.07) is 3.64. The first-order chi connectivity index (χ1) is 8.15. The van der Waals surface area contributed by atoms with Gasteiger partial charge in [0, 0.05) is 24.7 Å². The molecule has 17 heavy (non-hydrogen) atoms. The monoisotopic (exact) mass is 235 g/mol. The van der Waals surface area contributed by atoms with Crippen LogP contribution in [0.4, 0.5) is 0 Å². The maximum Gasteiger partial charge on any atom is 0.305 e. The molecule has 0 fully saturated rings. The van der Waals surface area contributed by atoms with Crippen molar-refractivity contribution in [2.75, 3.05) is 6.61 Å². The summed E-state index contributed by atoms with van der Waals surface area (Å²) in [5.41, 5.74) is 0.851. The fraction of sp³-hybridized carbons (Fsp3) is 0.462. The molecular weight excluding hydrogens is 218 g/mol. The van der Waals surface area contributed by atoms with E-state index in [1.54, 1.807) is 25.4 Å². The minimum atomic E-state index is -0.270. The Labute approximate surface area is 101 Å². The summed E-state index contributed by atoms with van der Waals surface area (Å²) in [7, 11) is 0. The lowest BCUT2D eigenvalue weighted by Gasteiger charge is -2.12. The Morgan fingerprint density at radius 1 is 1.47 bits per heavy atom. The van der Waals surface area contributed by atoms with Crippen LogP contribution in [0.5, 0.6) is 0 Å². The van der Waals surface area contributed by atoms with Crippen molar-refractivity contribution in [3.8, 4) is 0 Å². The van der Waals surface area contributed by atoms with Crippen LogP contribution in [-0.2, 0) is 14.3 Å². The summed E-state index contributed by atoms with van der Waals surface area (Å²) in [5, 5.41) is 0. The van der Waals surface area contributed by atoms with Gasteiger partial charge in [-0.3, -0.25) is 14.6 Å². The number of esters is 1. The van der Waals surface area contributed by atoms with Crippen LogP contribution in [0.15, 0.2) is 24.5 Å². The van der Waals surface area contributed by atoms with Crippen LogP contribution in [-0.4, -0.2) is 23.3 Å². The third-order valence-corrected chi connectivity index (χ3v) is 2.52. The van der Waals surface area contributed by atoms with Crippen molar-refractivity contribution in [3.63, 3.8) is 0 Å². The average Bonchev–Trinajstić information content (AvgIpc) is 2.30. The van der Waals surface area contributed by atoms with Crippen LogP contribution in [0.2, 0.25) is 0 Å². The Balaban J connectivity index is 2.62. The highest BCUT2D eigenvalue weighted by molar-refractivity contribution is 5.84. The fourth-order valence-electron chi connectivity index (χ4n) is 1.68. The van der Waals surface area contributed by atoms with E-state index in [4.69, 9.17) is 4.74 Å². The largest absolute Gasteiger partial charge is 0.466 e. The van der Waals surface area contributed by atoms with Crippen LogP contribution >= 0.6 is 0 Å². The zero-order chi connectivity index (χ0) is 12.7. The molecule has 0 amide bonds. The van der Waals surface area contributed by atoms with Crippen LogP contribution in [0, 0.1) is 0 Å². The third-order valence-electron chi connectivity index (χ3n) is 2.52. The molecule has 0 spiro atoms. The normalized spacial score (nSPS) is 11.9. The lowest BCUT2D eigenvalue weighted by Crippen LogP contribution is -2.12. The first kappa shape index (κ1) is 13.4. The zero-order valence-corrected chi connectivity index (χ0v) is 10.2. The second-order valence-corrected chi connectivity index (χ2v) is 3.79. The van der Waals surface area contributed by atoms with Gasteiger partial charge < -0.3 is 4.74 Å². The highest BCUT2D eigenvalue weighted by Gasteiger charge is 2.18. The molecule has 0 radical (unpaired) electrons. The van der Waals surface area contributed by atoms with Gasteiger partial charge in [-0.2, -0.15) is 0 Å². The van der Waals surface area contributed by atoms with Crippen LogP contribution in [0.3, 0.4) is 0 Å². The number of aromatic nitrogens is 1. The van der Waals surface area contributed by atoms with Gasteiger partial charge in [0.25, 0.3) is 0 Å². The summed E-state index contributed by atoms with van der Waals surface area (Å²) in [6.45, 7) is 3.67. The van der Waals surface area contributed by atoms with E-state index in [0.29, 0.717) is 13.0 Å². The van der Waals surface area contributed by atoms with Crippen molar-refractivity contribution in [1.29, 1.82) is 0 Å².